The van der Waals surface area contributed by atoms with Gasteiger partial charge < -0.3 is 9.64 Å². The molecule has 1 aliphatic heterocycles. The van der Waals surface area contributed by atoms with Crippen molar-refractivity contribution in [3.05, 3.63) is 84.2 Å². The van der Waals surface area contributed by atoms with Gasteiger partial charge in [-0.15, -0.1) is 0 Å². The summed E-state index contributed by atoms with van der Waals surface area (Å²) in [4.78, 5) is 15.3. The van der Waals surface area contributed by atoms with E-state index in [-0.39, 0.29) is 5.91 Å². The molecule has 32 heavy (non-hydrogen) atoms. The monoisotopic (exact) mass is 435 g/mol. The Balaban J connectivity index is 0.00000114. The molecule has 1 fully saturated rings. The summed E-state index contributed by atoms with van der Waals surface area (Å²) in [6.45, 7) is 9.43. The molecule has 0 atom stereocenters. The Kier molecular flexibility index (Phi) is 10.7. The Hall–Kier alpha value is -2.92. The van der Waals surface area contributed by atoms with E-state index in [0.717, 1.165) is 55.7 Å². The Labute approximate surface area is 193 Å². The number of allylic oxidation sites excluding steroid dienone is 5. The van der Waals surface area contributed by atoms with Gasteiger partial charge in [0.05, 0.1) is 17.5 Å². The number of nitrogens with zero attached hydrogens (tertiary/aromatic N) is 3. The Bertz CT molecular complexity index is 904. The molecular weight excluding hydrogens is 398 g/mol. The van der Waals surface area contributed by atoms with Crippen LogP contribution in [0.1, 0.15) is 60.6 Å². The highest BCUT2D eigenvalue weighted by Crippen LogP contribution is 2.29. The molecule has 1 amide bonds. The molecule has 2 heterocycles. The van der Waals surface area contributed by atoms with Crippen LogP contribution >= 0.6 is 0 Å². The number of amides is 1. The quantitative estimate of drug-likeness (QED) is 0.523. The summed E-state index contributed by atoms with van der Waals surface area (Å²) >= 11 is 0. The lowest BCUT2D eigenvalue weighted by Crippen LogP contribution is -2.38. The number of ether oxygens (including phenoxy) is 1. The number of rotatable bonds is 7. The van der Waals surface area contributed by atoms with E-state index in [0.29, 0.717) is 5.92 Å². The largest absolute Gasteiger partial charge is 0.388 e. The SMILES string of the molecule is C=C/C=C\C=C(/C)n1ncc(C(=O)N2CCC(c3ccccc3)CC2)c1CCC.COC. The highest BCUT2D eigenvalue weighted by molar-refractivity contribution is 5.95. The van der Waals surface area contributed by atoms with Gasteiger partial charge in [-0.3, -0.25) is 4.79 Å². The summed E-state index contributed by atoms with van der Waals surface area (Å²) in [5.74, 6) is 0.653. The Morgan fingerprint density at radius 1 is 1.19 bits per heavy atom. The average Bonchev–Trinajstić information content (AvgIpc) is 3.24. The predicted molar refractivity (Wildman–Crippen MR) is 133 cm³/mol. The maximum absolute atomic E-state index is 13.3. The summed E-state index contributed by atoms with van der Waals surface area (Å²) in [6, 6.07) is 10.6. The first-order valence-corrected chi connectivity index (χ1v) is 11.3. The van der Waals surface area contributed by atoms with E-state index in [1.165, 1.54) is 5.56 Å². The molecule has 0 saturated carbocycles. The van der Waals surface area contributed by atoms with E-state index < -0.39 is 0 Å². The number of hydrogen-bond acceptors (Lipinski definition) is 3. The normalized spacial score (nSPS) is 14.9. The van der Waals surface area contributed by atoms with Crippen LogP contribution in [-0.4, -0.2) is 47.9 Å². The first-order chi connectivity index (χ1) is 15.6. The number of hydrogen-bond donors (Lipinski definition) is 0. The van der Waals surface area contributed by atoms with Gasteiger partial charge in [0.15, 0.2) is 0 Å². The van der Waals surface area contributed by atoms with Crippen molar-refractivity contribution in [2.45, 2.75) is 45.4 Å². The Morgan fingerprint density at radius 3 is 2.44 bits per heavy atom. The predicted octanol–water partition coefficient (Wildman–Crippen LogP) is 5.72. The number of carbonyl (C=O) groups is 1. The van der Waals surface area contributed by atoms with Gasteiger partial charge in [-0.25, -0.2) is 4.68 Å². The lowest BCUT2D eigenvalue weighted by molar-refractivity contribution is 0.0712. The summed E-state index contributed by atoms with van der Waals surface area (Å²) in [6.07, 6.45) is 13.1. The van der Waals surface area contributed by atoms with Crippen molar-refractivity contribution in [2.75, 3.05) is 27.3 Å². The van der Waals surface area contributed by atoms with Crippen LogP contribution in [0.15, 0.2) is 67.4 Å². The van der Waals surface area contributed by atoms with Crippen molar-refractivity contribution in [1.82, 2.24) is 14.7 Å². The van der Waals surface area contributed by atoms with Crippen molar-refractivity contribution < 1.29 is 9.53 Å². The highest BCUT2D eigenvalue weighted by Gasteiger charge is 2.27. The molecule has 0 unspecified atom stereocenters. The molecule has 1 aliphatic rings. The minimum Gasteiger partial charge on any atom is -0.388 e. The van der Waals surface area contributed by atoms with E-state index in [1.807, 2.05) is 34.7 Å². The third kappa shape index (κ3) is 6.79. The van der Waals surface area contributed by atoms with Crippen LogP contribution in [0, 0.1) is 0 Å². The number of piperidine rings is 1. The molecule has 172 valence electrons. The number of benzene rings is 1. The van der Waals surface area contributed by atoms with E-state index in [1.54, 1.807) is 26.5 Å². The number of aromatic nitrogens is 2. The van der Waals surface area contributed by atoms with Crippen LogP contribution in [0.3, 0.4) is 0 Å². The maximum atomic E-state index is 13.3. The molecular formula is C27H37N3O2. The second-order valence-corrected chi connectivity index (χ2v) is 7.98. The highest BCUT2D eigenvalue weighted by atomic mass is 16.4. The standard InChI is InChI=1S/C25H31N3O.C2H6O/c1-4-6-8-12-20(3)28-24(11-5-2)23(19-26-28)25(29)27-17-15-22(16-18-27)21-13-9-7-10-14-21;1-3-2/h4,6-10,12-14,19,22H,1,5,11,15-18H2,2-3H3;1-2H3/b8-6-,20-12+;. The molecule has 3 rings (SSSR count). The number of likely N-dealkylation sites (tertiary alicyclic amines) is 1. The summed E-state index contributed by atoms with van der Waals surface area (Å²) in [5.41, 5.74) is 4.12. The van der Waals surface area contributed by atoms with Crippen LogP contribution in [0.2, 0.25) is 0 Å². The summed E-state index contributed by atoms with van der Waals surface area (Å²) < 4.78 is 6.15. The fourth-order valence-electron chi connectivity index (χ4n) is 3.99. The minimum atomic E-state index is 0.112. The molecule has 5 heteroatoms. The van der Waals surface area contributed by atoms with Gasteiger partial charge in [0.1, 0.15) is 0 Å². The fraction of sp³-hybridized carbons (Fsp3) is 0.407. The molecule has 2 aromatic rings. The first kappa shape index (κ1) is 25.3. The number of methoxy groups -OCH3 is 1. The molecule has 0 N–H and O–H groups in total. The van der Waals surface area contributed by atoms with Gasteiger partial charge >= 0.3 is 0 Å². The molecule has 0 aliphatic carbocycles. The molecule has 5 nitrogen and oxygen atoms in total. The fourth-order valence-corrected chi connectivity index (χ4v) is 3.99. The lowest BCUT2D eigenvalue weighted by atomic mass is 9.89. The van der Waals surface area contributed by atoms with Crippen LogP contribution in [0.25, 0.3) is 5.70 Å². The van der Waals surface area contributed by atoms with Crippen molar-refractivity contribution >= 4 is 11.6 Å². The van der Waals surface area contributed by atoms with Gasteiger partial charge in [0.25, 0.3) is 5.91 Å². The third-order valence-electron chi connectivity index (χ3n) is 5.56. The van der Waals surface area contributed by atoms with Gasteiger partial charge in [0.2, 0.25) is 0 Å². The molecule has 1 aromatic carbocycles. The first-order valence-electron chi connectivity index (χ1n) is 11.3. The van der Waals surface area contributed by atoms with Crippen LogP contribution in [0.5, 0.6) is 0 Å². The Morgan fingerprint density at radius 2 is 1.84 bits per heavy atom. The summed E-state index contributed by atoms with van der Waals surface area (Å²) in [5, 5.41) is 4.53. The van der Waals surface area contributed by atoms with Crippen LogP contribution < -0.4 is 0 Å². The van der Waals surface area contributed by atoms with Gasteiger partial charge in [-0.1, -0.05) is 68.5 Å². The molecule has 1 aromatic heterocycles. The van der Waals surface area contributed by atoms with E-state index in [2.05, 4.69) is 53.7 Å². The zero-order chi connectivity index (χ0) is 23.3. The molecule has 0 radical (unpaired) electrons. The zero-order valence-corrected chi connectivity index (χ0v) is 20.0. The average molecular weight is 436 g/mol. The zero-order valence-electron chi connectivity index (χ0n) is 20.0. The van der Waals surface area contributed by atoms with Gasteiger partial charge in [-0.05, 0) is 43.7 Å². The third-order valence-corrected chi connectivity index (χ3v) is 5.56. The van der Waals surface area contributed by atoms with E-state index in [9.17, 15) is 4.79 Å². The van der Waals surface area contributed by atoms with Gasteiger partial charge in [0, 0.05) is 33.0 Å². The van der Waals surface area contributed by atoms with Crippen molar-refractivity contribution in [1.29, 1.82) is 0 Å². The second kappa shape index (κ2) is 13.5. The molecule has 0 bridgehead atoms. The molecule has 0 spiro atoms. The summed E-state index contributed by atoms with van der Waals surface area (Å²) in [7, 11) is 3.25. The lowest BCUT2D eigenvalue weighted by Gasteiger charge is -2.32. The second-order valence-electron chi connectivity index (χ2n) is 7.98. The topological polar surface area (TPSA) is 47.4 Å². The van der Waals surface area contributed by atoms with Crippen molar-refractivity contribution in [2.24, 2.45) is 0 Å². The smallest absolute Gasteiger partial charge is 0.257 e. The van der Waals surface area contributed by atoms with E-state index in [4.69, 9.17) is 0 Å². The van der Waals surface area contributed by atoms with Crippen molar-refractivity contribution in [3.63, 3.8) is 0 Å². The van der Waals surface area contributed by atoms with Crippen LogP contribution in [-0.2, 0) is 11.2 Å². The van der Waals surface area contributed by atoms with Crippen molar-refractivity contribution in [3.8, 4) is 0 Å². The minimum absolute atomic E-state index is 0.112. The van der Waals surface area contributed by atoms with E-state index >= 15 is 0 Å². The molecule has 1 saturated heterocycles. The van der Waals surface area contributed by atoms with Crippen LogP contribution in [0.4, 0.5) is 0 Å². The number of carbonyl (C=O) groups excluding carboxylic acids is 1. The maximum Gasteiger partial charge on any atom is 0.257 e. The van der Waals surface area contributed by atoms with Gasteiger partial charge in [-0.2, -0.15) is 5.10 Å².